The predicted molar refractivity (Wildman–Crippen MR) is 82.7 cm³/mol. The van der Waals surface area contributed by atoms with Crippen LogP contribution in [0.5, 0.6) is 0 Å². The number of anilines is 2. The van der Waals surface area contributed by atoms with Crippen LogP contribution in [0.25, 0.3) is 0 Å². The van der Waals surface area contributed by atoms with Crippen molar-refractivity contribution in [1.82, 2.24) is 0 Å². The Balaban J connectivity index is 2.27. The van der Waals surface area contributed by atoms with Gasteiger partial charge in [0.1, 0.15) is 5.82 Å². The number of carbonyl (C=O) groups excluding carboxylic acids is 1. The number of carbonyl (C=O) groups is 1. The van der Waals surface area contributed by atoms with Gasteiger partial charge in [-0.3, -0.25) is 4.79 Å². The zero-order valence-electron chi connectivity index (χ0n) is 10.9. The van der Waals surface area contributed by atoms with Gasteiger partial charge < -0.3 is 10.6 Å². The summed E-state index contributed by atoms with van der Waals surface area (Å²) >= 11 is 3.34. The Hall–Kier alpha value is -1.88. The van der Waals surface area contributed by atoms with E-state index in [2.05, 4.69) is 26.6 Å². The molecule has 1 amide bonds. The van der Waals surface area contributed by atoms with Crippen molar-refractivity contribution >= 4 is 33.2 Å². The first kappa shape index (κ1) is 14.5. The summed E-state index contributed by atoms with van der Waals surface area (Å²) in [5.41, 5.74) is 1.16. The predicted octanol–water partition coefficient (Wildman–Crippen LogP) is 4.27. The summed E-state index contributed by atoms with van der Waals surface area (Å²) in [6.45, 7) is 2.39. The van der Waals surface area contributed by atoms with Gasteiger partial charge in [-0.1, -0.05) is 28.1 Å². The fourth-order valence-corrected chi connectivity index (χ4v) is 2.23. The second kappa shape index (κ2) is 6.52. The maximum Gasteiger partial charge on any atom is 0.257 e. The Bertz CT molecular complexity index is 631. The number of hydrogen-bond acceptors (Lipinski definition) is 2. The third-order valence-electron chi connectivity index (χ3n) is 2.69. The van der Waals surface area contributed by atoms with Gasteiger partial charge in [0.15, 0.2) is 0 Å². The normalized spacial score (nSPS) is 10.2. The van der Waals surface area contributed by atoms with Gasteiger partial charge in [0.05, 0.1) is 11.3 Å². The molecule has 5 heteroatoms. The molecule has 104 valence electrons. The summed E-state index contributed by atoms with van der Waals surface area (Å²) in [6.07, 6.45) is 0. The molecule has 0 fully saturated rings. The molecule has 0 aromatic heterocycles. The van der Waals surface area contributed by atoms with Gasteiger partial charge in [-0.15, -0.1) is 0 Å². The van der Waals surface area contributed by atoms with Crippen LogP contribution in [0.4, 0.5) is 15.8 Å². The Labute approximate surface area is 125 Å². The monoisotopic (exact) mass is 336 g/mol. The lowest BCUT2D eigenvalue weighted by molar-refractivity contribution is 0.102. The van der Waals surface area contributed by atoms with Gasteiger partial charge in [0, 0.05) is 16.7 Å². The molecule has 3 nitrogen and oxygen atoms in total. The quantitative estimate of drug-likeness (QED) is 0.875. The maximum atomic E-state index is 13.8. The Morgan fingerprint density at radius 1 is 1.25 bits per heavy atom. The summed E-state index contributed by atoms with van der Waals surface area (Å²) in [6, 6.07) is 11.7. The van der Waals surface area contributed by atoms with Crippen LogP contribution in [0.2, 0.25) is 0 Å². The van der Waals surface area contributed by atoms with Crippen LogP contribution in [-0.4, -0.2) is 12.5 Å². The third-order valence-corrected chi connectivity index (χ3v) is 3.19. The largest absolute Gasteiger partial charge is 0.382 e. The van der Waals surface area contributed by atoms with Crippen molar-refractivity contribution in [2.75, 3.05) is 17.2 Å². The smallest absolute Gasteiger partial charge is 0.257 e. The number of rotatable bonds is 4. The minimum absolute atomic E-state index is 0.225. The highest BCUT2D eigenvalue weighted by atomic mass is 79.9. The first-order chi connectivity index (χ1) is 9.61. The highest BCUT2D eigenvalue weighted by Gasteiger charge is 2.14. The topological polar surface area (TPSA) is 41.1 Å². The molecule has 0 bridgehead atoms. The Morgan fingerprint density at radius 3 is 2.70 bits per heavy atom. The van der Waals surface area contributed by atoms with Crippen molar-refractivity contribution in [3.8, 4) is 0 Å². The van der Waals surface area contributed by atoms with Gasteiger partial charge in [-0.25, -0.2) is 4.39 Å². The molecule has 0 aliphatic carbocycles. The molecule has 0 radical (unpaired) electrons. The minimum Gasteiger partial charge on any atom is -0.382 e. The Morgan fingerprint density at radius 2 is 2.00 bits per heavy atom. The van der Waals surface area contributed by atoms with E-state index in [4.69, 9.17) is 0 Å². The summed E-state index contributed by atoms with van der Waals surface area (Å²) < 4.78 is 14.6. The highest BCUT2D eigenvalue weighted by molar-refractivity contribution is 9.10. The second-order valence-electron chi connectivity index (χ2n) is 4.16. The van der Waals surface area contributed by atoms with Crippen LogP contribution >= 0.6 is 15.9 Å². The number of nitrogens with one attached hydrogen (secondary N) is 2. The van der Waals surface area contributed by atoms with E-state index >= 15 is 0 Å². The number of benzene rings is 2. The van der Waals surface area contributed by atoms with Gasteiger partial charge in [-0.05, 0) is 37.3 Å². The summed E-state index contributed by atoms with van der Waals surface area (Å²) in [4.78, 5) is 12.2. The maximum absolute atomic E-state index is 13.8. The van der Waals surface area contributed by atoms with E-state index in [9.17, 15) is 9.18 Å². The minimum atomic E-state index is -0.436. The number of halogens is 2. The third kappa shape index (κ3) is 3.36. The zero-order chi connectivity index (χ0) is 14.5. The summed E-state index contributed by atoms with van der Waals surface area (Å²) in [7, 11) is 0. The molecule has 2 aromatic carbocycles. The number of para-hydroxylation sites is 1. The molecule has 0 heterocycles. The van der Waals surface area contributed by atoms with E-state index in [1.54, 1.807) is 18.2 Å². The van der Waals surface area contributed by atoms with Crippen LogP contribution in [0.3, 0.4) is 0 Å². The fourth-order valence-electron chi connectivity index (χ4n) is 1.83. The molecule has 2 rings (SSSR count). The molecule has 20 heavy (non-hydrogen) atoms. The number of amides is 1. The molecule has 0 spiro atoms. The molecule has 0 aliphatic heterocycles. The lowest BCUT2D eigenvalue weighted by Gasteiger charge is -2.12. The molecule has 0 saturated carbocycles. The van der Waals surface area contributed by atoms with Crippen molar-refractivity contribution in [1.29, 1.82) is 0 Å². The molecule has 0 aliphatic rings. The second-order valence-corrected chi connectivity index (χ2v) is 5.07. The molecule has 0 saturated heterocycles. The molecule has 0 unspecified atom stereocenters. The first-order valence-electron chi connectivity index (χ1n) is 6.21. The van der Waals surface area contributed by atoms with Crippen molar-refractivity contribution in [3.05, 3.63) is 58.3 Å². The van der Waals surface area contributed by atoms with Crippen molar-refractivity contribution in [2.24, 2.45) is 0 Å². The molecule has 2 aromatic rings. The van der Waals surface area contributed by atoms with Gasteiger partial charge in [0.25, 0.3) is 5.91 Å². The highest BCUT2D eigenvalue weighted by Crippen LogP contribution is 2.22. The van der Waals surface area contributed by atoms with Crippen LogP contribution in [0, 0.1) is 5.82 Å². The van der Waals surface area contributed by atoms with E-state index in [1.807, 2.05) is 19.1 Å². The van der Waals surface area contributed by atoms with E-state index in [-0.39, 0.29) is 17.2 Å². The fraction of sp³-hybridized carbons (Fsp3) is 0.133. The first-order valence-corrected chi connectivity index (χ1v) is 7.00. The Kier molecular flexibility index (Phi) is 4.74. The van der Waals surface area contributed by atoms with E-state index in [1.165, 1.54) is 12.1 Å². The zero-order valence-corrected chi connectivity index (χ0v) is 12.5. The molecule has 2 N–H and O–H groups in total. The van der Waals surface area contributed by atoms with Crippen molar-refractivity contribution in [3.63, 3.8) is 0 Å². The van der Waals surface area contributed by atoms with E-state index in [0.717, 1.165) is 4.47 Å². The van der Waals surface area contributed by atoms with Gasteiger partial charge >= 0.3 is 0 Å². The van der Waals surface area contributed by atoms with Crippen molar-refractivity contribution in [2.45, 2.75) is 6.92 Å². The van der Waals surface area contributed by atoms with Gasteiger partial charge in [0.2, 0.25) is 0 Å². The standard InChI is InChI=1S/C15H14BrFN2O/c1-2-18-14-12(7-4-8-13(14)17)15(20)19-11-6-3-5-10(16)9-11/h3-9,18H,2H2,1H3,(H,19,20). The summed E-state index contributed by atoms with van der Waals surface area (Å²) in [5.74, 6) is -0.785. The van der Waals surface area contributed by atoms with Crippen molar-refractivity contribution < 1.29 is 9.18 Å². The van der Waals surface area contributed by atoms with Crippen LogP contribution in [0.15, 0.2) is 46.9 Å². The molecular formula is C15H14BrFN2O. The van der Waals surface area contributed by atoms with Crippen LogP contribution in [-0.2, 0) is 0 Å². The molecule has 0 atom stereocenters. The summed E-state index contributed by atoms with van der Waals surface area (Å²) in [5, 5.41) is 5.63. The lowest BCUT2D eigenvalue weighted by Crippen LogP contribution is -2.15. The van der Waals surface area contributed by atoms with Crippen LogP contribution in [0.1, 0.15) is 17.3 Å². The average molecular weight is 337 g/mol. The van der Waals surface area contributed by atoms with E-state index < -0.39 is 5.82 Å². The average Bonchev–Trinajstić information content (AvgIpc) is 2.41. The molecular weight excluding hydrogens is 323 g/mol. The number of hydrogen-bond donors (Lipinski definition) is 2. The lowest BCUT2D eigenvalue weighted by atomic mass is 10.1. The van der Waals surface area contributed by atoms with Gasteiger partial charge in [-0.2, -0.15) is 0 Å². The van der Waals surface area contributed by atoms with Crippen LogP contribution < -0.4 is 10.6 Å². The SMILES string of the molecule is CCNc1c(F)cccc1C(=O)Nc1cccc(Br)c1. The van der Waals surface area contributed by atoms with E-state index in [0.29, 0.717) is 12.2 Å².